The van der Waals surface area contributed by atoms with E-state index in [0.717, 1.165) is 0 Å². The van der Waals surface area contributed by atoms with Crippen molar-refractivity contribution < 1.29 is 4.92 Å². The summed E-state index contributed by atoms with van der Waals surface area (Å²) in [4.78, 5) is 9.78. The number of nitrogens with zero attached hydrogens (tertiary/aromatic N) is 1. The topological polar surface area (TPSA) is 43.1 Å². The van der Waals surface area contributed by atoms with Crippen LogP contribution >= 0.6 is 12.6 Å². The highest BCUT2D eigenvalue weighted by molar-refractivity contribution is 7.80. The lowest BCUT2D eigenvalue weighted by Crippen LogP contribution is -2.01. The minimum absolute atomic E-state index is 0.0324. The maximum atomic E-state index is 10.3. The van der Waals surface area contributed by atoms with E-state index in [2.05, 4.69) is 25.8 Å². The molecule has 3 nitrogen and oxygen atoms in total. The van der Waals surface area contributed by atoms with Crippen LogP contribution in [0.15, 0.2) is 36.6 Å². The van der Waals surface area contributed by atoms with Gasteiger partial charge in [0, 0.05) is 17.4 Å². The molecule has 0 saturated carbocycles. The largest absolute Gasteiger partial charge is 0.272 e. The quantitative estimate of drug-likeness (QED) is 0.303. The van der Waals surface area contributed by atoms with E-state index in [1.54, 1.807) is 0 Å². The Morgan fingerprint density at radius 1 is 1.73 bits per heavy atom. The minimum atomic E-state index is -0.500. The van der Waals surface area contributed by atoms with Gasteiger partial charge in [-0.05, 0) is 0 Å². The van der Waals surface area contributed by atoms with E-state index in [1.807, 2.05) is 0 Å². The summed E-state index contributed by atoms with van der Waals surface area (Å²) >= 11 is 3.86. The number of rotatable bonds is 4. The summed E-state index contributed by atoms with van der Waals surface area (Å²) < 4.78 is 0. The molecule has 4 heteroatoms. The van der Waals surface area contributed by atoms with E-state index in [1.165, 1.54) is 12.2 Å². The molecule has 0 fully saturated rings. The Bertz CT molecular complexity index is 220. The summed E-state index contributed by atoms with van der Waals surface area (Å²) in [6, 6.07) is 0. The summed E-state index contributed by atoms with van der Waals surface area (Å²) in [5.74, 6) is 0.278. The van der Waals surface area contributed by atoms with Crippen molar-refractivity contribution in [3.63, 3.8) is 0 Å². The molecule has 0 aliphatic heterocycles. The molecule has 0 bridgehead atoms. The fourth-order valence-electron chi connectivity index (χ4n) is 0.500. The van der Waals surface area contributed by atoms with Crippen molar-refractivity contribution in [1.29, 1.82) is 0 Å². The van der Waals surface area contributed by atoms with Crippen LogP contribution in [0, 0.1) is 10.1 Å². The zero-order valence-electron chi connectivity index (χ0n) is 5.99. The molecule has 0 aromatic heterocycles. The van der Waals surface area contributed by atoms with Crippen LogP contribution in [-0.2, 0) is 0 Å². The lowest BCUT2D eigenvalue weighted by atomic mass is 10.2. The second kappa shape index (κ2) is 4.73. The molecule has 0 atom stereocenters. The average molecular weight is 171 g/mol. The summed E-state index contributed by atoms with van der Waals surface area (Å²) in [5.41, 5.74) is 0.355. The van der Waals surface area contributed by atoms with E-state index in [0.29, 0.717) is 5.57 Å². The third-order valence-electron chi connectivity index (χ3n) is 1.03. The number of hydrogen-bond donors (Lipinski definition) is 1. The first kappa shape index (κ1) is 9.97. The molecular formula is C7H9NO2S. The number of allylic oxidation sites excluding steroid dienone is 3. The van der Waals surface area contributed by atoms with Crippen LogP contribution in [0.4, 0.5) is 0 Å². The highest BCUT2D eigenvalue weighted by Gasteiger charge is 2.11. The Labute approximate surface area is 70.7 Å². The van der Waals surface area contributed by atoms with Gasteiger partial charge in [0.2, 0.25) is 0 Å². The van der Waals surface area contributed by atoms with Gasteiger partial charge in [0.15, 0.2) is 0 Å². The van der Waals surface area contributed by atoms with Crippen molar-refractivity contribution in [2.24, 2.45) is 0 Å². The molecule has 0 heterocycles. The van der Waals surface area contributed by atoms with Crippen molar-refractivity contribution in [1.82, 2.24) is 0 Å². The SMILES string of the molecule is C=C/C=C(\C(=C)CS)[N+](=O)[O-]. The standard InChI is InChI=1S/C7H9NO2S/c1-3-4-7(8(9)10)6(2)5-11/h3-4,11H,1-2,5H2/b7-4+. The Hall–Kier alpha value is -1.03. The molecule has 0 aliphatic carbocycles. The first-order valence-corrected chi connectivity index (χ1v) is 3.52. The van der Waals surface area contributed by atoms with Gasteiger partial charge in [-0.15, -0.1) is 0 Å². The number of thiol groups is 1. The molecule has 11 heavy (non-hydrogen) atoms. The minimum Gasteiger partial charge on any atom is -0.258 e. The first-order valence-electron chi connectivity index (χ1n) is 2.89. The lowest BCUT2D eigenvalue weighted by molar-refractivity contribution is -0.420. The fraction of sp³-hybridized carbons (Fsp3) is 0.143. The monoisotopic (exact) mass is 171 g/mol. The normalized spacial score (nSPS) is 10.8. The summed E-state index contributed by atoms with van der Waals surface area (Å²) in [5, 5.41) is 10.3. The van der Waals surface area contributed by atoms with Crippen LogP contribution in [0.25, 0.3) is 0 Å². The highest BCUT2D eigenvalue weighted by atomic mass is 32.1. The zero-order valence-corrected chi connectivity index (χ0v) is 6.88. The van der Waals surface area contributed by atoms with Gasteiger partial charge < -0.3 is 0 Å². The van der Waals surface area contributed by atoms with E-state index < -0.39 is 4.92 Å². The maximum absolute atomic E-state index is 10.3. The van der Waals surface area contributed by atoms with Gasteiger partial charge >= 0.3 is 0 Å². The molecule has 0 rings (SSSR count). The predicted molar refractivity (Wildman–Crippen MR) is 48.3 cm³/mol. The fourth-order valence-corrected chi connectivity index (χ4v) is 0.662. The van der Waals surface area contributed by atoms with Crippen LogP contribution in [0.3, 0.4) is 0 Å². The van der Waals surface area contributed by atoms with Crippen LogP contribution in [0.2, 0.25) is 0 Å². The Morgan fingerprint density at radius 3 is 2.55 bits per heavy atom. The molecular weight excluding hydrogens is 162 g/mol. The van der Waals surface area contributed by atoms with Gasteiger partial charge in [-0.2, -0.15) is 12.6 Å². The molecule has 60 valence electrons. The molecule has 0 aromatic carbocycles. The van der Waals surface area contributed by atoms with Gasteiger partial charge in [-0.3, -0.25) is 10.1 Å². The van der Waals surface area contributed by atoms with Crippen molar-refractivity contribution >= 4 is 12.6 Å². The lowest BCUT2D eigenvalue weighted by Gasteiger charge is -1.96. The predicted octanol–water partition coefficient (Wildman–Crippen LogP) is 1.82. The third-order valence-corrected chi connectivity index (χ3v) is 1.41. The second-order valence-corrected chi connectivity index (χ2v) is 2.12. The molecule has 0 aliphatic rings. The van der Waals surface area contributed by atoms with Crippen molar-refractivity contribution in [2.75, 3.05) is 5.75 Å². The molecule has 0 amide bonds. The van der Waals surface area contributed by atoms with E-state index in [9.17, 15) is 10.1 Å². The van der Waals surface area contributed by atoms with Gasteiger partial charge in [-0.1, -0.05) is 19.2 Å². The van der Waals surface area contributed by atoms with Crippen LogP contribution < -0.4 is 0 Å². The Morgan fingerprint density at radius 2 is 2.27 bits per heavy atom. The summed E-state index contributed by atoms with van der Waals surface area (Å²) in [6.45, 7) is 6.83. The van der Waals surface area contributed by atoms with E-state index >= 15 is 0 Å². The van der Waals surface area contributed by atoms with Crippen LogP contribution in [0.1, 0.15) is 0 Å². The first-order chi connectivity index (χ1) is 5.13. The Balaban J connectivity index is 4.61. The van der Waals surface area contributed by atoms with E-state index in [4.69, 9.17) is 0 Å². The molecule has 0 unspecified atom stereocenters. The van der Waals surface area contributed by atoms with Crippen LogP contribution in [-0.4, -0.2) is 10.7 Å². The number of nitro groups is 1. The summed E-state index contributed by atoms with van der Waals surface area (Å²) in [7, 11) is 0. The van der Waals surface area contributed by atoms with Crippen LogP contribution in [0.5, 0.6) is 0 Å². The molecule has 0 spiro atoms. The molecule has 0 N–H and O–H groups in total. The van der Waals surface area contributed by atoms with Gasteiger partial charge in [0.1, 0.15) is 0 Å². The van der Waals surface area contributed by atoms with Crippen molar-refractivity contribution in [3.8, 4) is 0 Å². The van der Waals surface area contributed by atoms with Crippen molar-refractivity contribution in [2.45, 2.75) is 0 Å². The summed E-state index contributed by atoms with van der Waals surface area (Å²) in [6.07, 6.45) is 2.66. The number of hydrogen-bond acceptors (Lipinski definition) is 3. The maximum Gasteiger partial charge on any atom is 0.272 e. The van der Waals surface area contributed by atoms with Crippen molar-refractivity contribution in [3.05, 3.63) is 46.7 Å². The molecule has 0 aromatic rings. The second-order valence-electron chi connectivity index (χ2n) is 1.81. The highest BCUT2D eigenvalue weighted by Crippen LogP contribution is 2.09. The average Bonchev–Trinajstić information content (AvgIpc) is 1.98. The van der Waals surface area contributed by atoms with Gasteiger partial charge in [0.05, 0.1) is 4.92 Å². The van der Waals surface area contributed by atoms with Gasteiger partial charge in [0.25, 0.3) is 5.70 Å². The van der Waals surface area contributed by atoms with Gasteiger partial charge in [-0.25, -0.2) is 0 Å². The molecule has 0 saturated heterocycles. The molecule has 0 radical (unpaired) electrons. The van der Waals surface area contributed by atoms with E-state index in [-0.39, 0.29) is 11.4 Å². The Kier molecular flexibility index (Phi) is 4.29. The smallest absolute Gasteiger partial charge is 0.258 e. The third kappa shape index (κ3) is 3.04. The zero-order chi connectivity index (χ0) is 8.85.